The molecular weight excluding hydrogens is 387 g/mol. The summed E-state index contributed by atoms with van der Waals surface area (Å²) < 4.78 is 14.2. The van der Waals surface area contributed by atoms with Crippen LogP contribution in [-0.4, -0.2) is 22.6 Å². The van der Waals surface area contributed by atoms with Crippen LogP contribution < -0.4 is 0 Å². The molecule has 0 bridgehead atoms. The number of benzene rings is 1. The summed E-state index contributed by atoms with van der Waals surface area (Å²) in [5.74, 6) is 0. The molecule has 0 aliphatic heterocycles. The summed E-state index contributed by atoms with van der Waals surface area (Å²) in [6.45, 7) is 10.7. The number of hydrogen-bond donors (Lipinski definition) is 0. The van der Waals surface area contributed by atoms with Gasteiger partial charge in [0.15, 0.2) is 8.32 Å². The van der Waals surface area contributed by atoms with Gasteiger partial charge in [-0.2, -0.15) is 17.5 Å². The van der Waals surface area contributed by atoms with E-state index >= 15 is 0 Å². The molecule has 2 radical (unpaired) electrons. The molecule has 0 aromatic heterocycles. The monoisotopic (exact) mass is 411 g/mol. The molecule has 126 valence electrons. The van der Waals surface area contributed by atoms with Crippen molar-refractivity contribution in [1.29, 1.82) is 0 Å². The van der Waals surface area contributed by atoms with Crippen LogP contribution in [0.3, 0.4) is 0 Å². The van der Waals surface area contributed by atoms with Gasteiger partial charge < -0.3 is 18.8 Å². The molecule has 0 atom stereocenters. The first kappa shape index (κ1) is 30.2. The van der Waals surface area contributed by atoms with Gasteiger partial charge in [-0.1, -0.05) is 12.7 Å². The molecule has 2 aromatic rings. The van der Waals surface area contributed by atoms with Gasteiger partial charge in [0.2, 0.25) is 0 Å². The minimum Gasteiger partial charge on any atom is -0.168 e. The van der Waals surface area contributed by atoms with Gasteiger partial charge in [-0.25, -0.2) is 0 Å². The van der Waals surface area contributed by atoms with Crippen LogP contribution in [0.2, 0.25) is 19.6 Å². The predicted octanol–water partition coefficient (Wildman–Crippen LogP) is 5.02. The zero-order chi connectivity index (χ0) is 14.7. The average molecular weight is 412 g/mol. The predicted molar refractivity (Wildman–Crippen MR) is 102 cm³/mol. The zero-order valence-corrected chi connectivity index (χ0v) is 18.8. The van der Waals surface area contributed by atoms with Crippen LogP contribution in [0.25, 0.3) is 10.8 Å². The maximum atomic E-state index is 8.97. The summed E-state index contributed by atoms with van der Waals surface area (Å²) in [4.78, 5) is 0. The quantitative estimate of drug-likeness (QED) is 0.511. The molecule has 2 rings (SSSR count). The Morgan fingerprint density at radius 3 is 2.09 bits per heavy atom. The fraction of sp³-hybridized carbons (Fsp3) is 0.267. The van der Waals surface area contributed by atoms with Crippen molar-refractivity contribution < 1.29 is 25.6 Å². The second-order valence-electron chi connectivity index (χ2n) is 4.72. The van der Waals surface area contributed by atoms with Crippen LogP contribution in [0.15, 0.2) is 42.5 Å². The zero-order valence-electron chi connectivity index (χ0n) is 13.6. The number of halogens is 2. The molecule has 0 saturated carbocycles. The van der Waals surface area contributed by atoms with Gasteiger partial charge in [0.05, 0.1) is 0 Å². The normalized spacial score (nSPS) is 8.36. The summed E-state index contributed by atoms with van der Waals surface area (Å²) in [6.07, 6.45) is 0. The summed E-state index contributed by atoms with van der Waals surface area (Å²) >= 11 is -0.944. The van der Waals surface area contributed by atoms with Crippen molar-refractivity contribution in [3.63, 3.8) is 0 Å². The molecule has 0 unspecified atom stereocenters. The third-order valence-corrected chi connectivity index (χ3v) is 3.15. The molecule has 0 heterocycles. The first-order valence-corrected chi connectivity index (χ1v) is 12.9. The van der Waals surface area contributed by atoms with E-state index in [-0.39, 0.29) is 32.2 Å². The van der Waals surface area contributed by atoms with Gasteiger partial charge >= 0.3 is 28.8 Å². The van der Waals surface area contributed by atoms with Crippen LogP contribution in [0.4, 0.5) is 0 Å². The molecule has 0 N–H and O–H groups in total. The number of fused-ring (bicyclic) bond motifs is 1. The number of rotatable bonds is 2. The minimum absolute atomic E-state index is 0. The van der Waals surface area contributed by atoms with Gasteiger partial charge in [-0.05, 0) is 19.6 Å². The Bertz CT molecular complexity index is 477. The Labute approximate surface area is 159 Å². The van der Waals surface area contributed by atoms with Gasteiger partial charge in [-0.15, -0.1) is 54.5 Å². The molecule has 2 nitrogen and oxygen atoms in total. The SMILES string of the molecule is Cl.Cl.[CH2-]CO[Si](C)(C)C.[CH3-].[O]=[Ti]=[Si].c1ccc2[cH-]ccc2c1. The van der Waals surface area contributed by atoms with Gasteiger partial charge in [0, 0.05) is 0 Å². The Kier molecular flexibility index (Phi) is 24.3. The standard InChI is InChI=1S/C9H7.C5H13OSi.CH3.2ClH.O.Si.Ti/c1-2-5-9-7-3-6-8(9)4-1;1-5-6-7(2,3)4;;;;;;/h1-7H;1,5H2,2-4H3;1H3;2*1H;;;/q3*-1;;;;;. The van der Waals surface area contributed by atoms with E-state index in [4.69, 9.17) is 7.75 Å². The fourth-order valence-corrected chi connectivity index (χ4v) is 1.99. The third kappa shape index (κ3) is 16.7. The first-order chi connectivity index (χ1) is 8.94. The molecule has 22 heavy (non-hydrogen) atoms. The molecule has 0 spiro atoms. The molecule has 0 aliphatic rings. The fourth-order valence-electron chi connectivity index (χ4n) is 1.38. The summed E-state index contributed by atoms with van der Waals surface area (Å²) in [6, 6.07) is 14.7. The Hall–Kier alpha value is 0.318. The van der Waals surface area contributed by atoms with Crippen molar-refractivity contribution in [2.24, 2.45) is 0 Å². The van der Waals surface area contributed by atoms with Crippen molar-refractivity contribution in [2.75, 3.05) is 6.61 Å². The molecule has 0 fully saturated rings. The minimum atomic E-state index is -1.22. The molecular formula is C15H25Cl2O2Si2Ti-3. The maximum absolute atomic E-state index is 8.97. The first-order valence-electron chi connectivity index (χ1n) is 6.02. The van der Waals surface area contributed by atoms with E-state index in [0.717, 1.165) is 0 Å². The average Bonchev–Trinajstić information content (AvgIpc) is 2.77. The Balaban J connectivity index is -0.000000115. The topological polar surface area (TPSA) is 26.3 Å². The summed E-state index contributed by atoms with van der Waals surface area (Å²) in [5.41, 5.74) is 0. The van der Waals surface area contributed by atoms with Crippen LogP contribution in [-0.2, 0) is 25.6 Å². The third-order valence-electron chi connectivity index (χ3n) is 2.08. The summed E-state index contributed by atoms with van der Waals surface area (Å²) in [7, 11) is 1.53. The van der Waals surface area contributed by atoms with E-state index in [1.165, 1.54) is 10.8 Å². The largest absolute Gasteiger partial charge is 0.168 e. The van der Waals surface area contributed by atoms with Crippen LogP contribution in [0, 0.1) is 14.4 Å². The van der Waals surface area contributed by atoms with Crippen molar-refractivity contribution in [1.82, 2.24) is 0 Å². The molecule has 0 amide bonds. The molecule has 7 heteroatoms. The van der Waals surface area contributed by atoms with Crippen LogP contribution in [0.5, 0.6) is 0 Å². The summed E-state index contributed by atoms with van der Waals surface area (Å²) in [5, 5.41) is 2.66. The van der Waals surface area contributed by atoms with Gasteiger partial charge in [0.25, 0.3) is 0 Å². The molecule has 0 aliphatic carbocycles. The smallest absolute Gasteiger partial charge is 0.0809 e. The van der Waals surface area contributed by atoms with E-state index in [1.807, 2.05) is 0 Å². The molecule has 0 saturated heterocycles. The van der Waals surface area contributed by atoms with Crippen LogP contribution in [0.1, 0.15) is 0 Å². The molecule has 2 aromatic carbocycles. The van der Waals surface area contributed by atoms with Crippen molar-refractivity contribution in [3.8, 4) is 0 Å². The van der Waals surface area contributed by atoms with Gasteiger partial charge in [0.1, 0.15) is 0 Å². The number of hydrogen-bond acceptors (Lipinski definition) is 2. The van der Waals surface area contributed by atoms with Crippen LogP contribution >= 0.6 is 24.8 Å². The van der Waals surface area contributed by atoms with E-state index < -0.39 is 26.2 Å². The van der Waals surface area contributed by atoms with E-state index in [1.54, 1.807) is 0 Å². The Morgan fingerprint density at radius 1 is 1.23 bits per heavy atom. The van der Waals surface area contributed by atoms with Crippen molar-refractivity contribution in [3.05, 3.63) is 56.8 Å². The Morgan fingerprint density at radius 2 is 1.73 bits per heavy atom. The second-order valence-corrected chi connectivity index (χ2v) is 10.4. The van der Waals surface area contributed by atoms with E-state index in [2.05, 4.69) is 76.7 Å². The van der Waals surface area contributed by atoms with Crippen molar-refractivity contribution >= 4 is 51.5 Å². The van der Waals surface area contributed by atoms with Gasteiger partial charge in [-0.3, -0.25) is 0 Å². The second kappa shape index (κ2) is 17.7. The van der Waals surface area contributed by atoms with Crippen molar-refractivity contribution in [2.45, 2.75) is 19.6 Å². The maximum Gasteiger partial charge on any atom is -0.0809 e. The van der Waals surface area contributed by atoms with E-state index in [9.17, 15) is 0 Å². The van der Waals surface area contributed by atoms with E-state index in [0.29, 0.717) is 6.61 Å².